The second-order valence-corrected chi connectivity index (χ2v) is 7.79. The van der Waals surface area contributed by atoms with Crippen LogP contribution in [0.3, 0.4) is 0 Å². The van der Waals surface area contributed by atoms with Gasteiger partial charge in [-0.2, -0.15) is 5.01 Å². The lowest BCUT2D eigenvalue weighted by molar-refractivity contribution is -0.132. The summed E-state index contributed by atoms with van der Waals surface area (Å²) >= 11 is 5.34. The fourth-order valence-electron chi connectivity index (χ4n) is 3.69. The van der Waals surface area contributed by atoms with Gasteiger partial charge in [0.05, 0.1) is 7.11 Å². The minimum absolute atomic E-state index is 0.257. The molecule has 7 nitrogen and oxygen atoms in total. The SMILES string of the molecule is COc1ccc([C@@]2(C)NC(=O)N(NC(=S)N[C@@H]3CCCC[C@H]3C)C2=O)cc1. The van der Waals surface area contributed by atoms with Crippen LogP contribution < -0.4 is 20.8 Å². The summed E-state index contributed by atoms with van der Waals surface area (Å²) < 4.78 is 5.15. The molecule has 0 bridgehead atoms. The highest BCUT2D eigenvalue weighted by atomic mass is 32.1. The standard InChI is InChI=1S/C19H26N4O3S/c1-12-6-4-5-7-15(12)20-17(27)22-23-16(24)19(2,21-18(23)25)13-8-10-14(26-3)11-9-13/h8-12,15H,4-7H2,1-3H3,(H,21,25)(H2,20,22,27)/t12-,15-,19-/m1/s1. The fraction of sp³-hybridized carbons (Fsp3) is 0.526. The number of carbonyl (C=O) groups is 2. The quantitative estimate of drug-likeness (QED) is 0.541. The summed E-state index contributed by atoms with van der Waals surface area (Å²) in [4.78, 5) is 25.4. The Morgan fingerprint density at radius 2 is 1.93 bits per heavy atom. The minimum atomic E-state index is -1.16. The van der Waals surface area contributed by atoms with Gasteiger partial charge in [0.25, 0.3) is 5.91 Å². The molecule has 3 amide bonds. The largest absolute Gasteiger partial charge is 0.497 e. The van der Waals surface area contributed by atoms with Gasteiger partial charge in [0.1, 0.15) is 11.3 Å². The highest BCUT2D eigenvalue weighted by molar-refractivity contribution is 7.80. The average Bonchev–Trinajstić information content (AvgIpc) is 2.88. The topological polar surface area (TPSA) is 82.7 Å². The van der Waals surface area contributed by atoms with E-state index in [1.807, 2.05) is 0 Å². The first kappa shape index (κ1) is 19.4. The number of benzene rings is 1. The van der Waals surface area contributed by atoms with Crippen molar-refractivity contribution in [3.63, 3.8) is 0 Å². The highest BCUT2D eigenvalue weighted by Gasteiger charge is 2.49. The van der Waals surface area contributed by atoms with Crippen molar-refractivity contribution in [2.75, 3.05) is 7.11 Å². The number of imide groups is 1. The summed E-state index contributed by atoms with van der Waals surface area (Å²) in [6.45, 7) is 3.87. The maximum Gasteiger partial charge on any atom is 0.344 e. The van der Waals surface area contributed by atoms with Gasteiger partial charge in [-0.25, -0.2) is 4.79 Å². The van der Waals surface area contributed by atoms with Crippen LogP contribution in [0.15, 0.2) is 24.3 Å². The minimum Gasteiger partial charge on any atom is -0.497 e. The third kappa shape index (κ3) is 3.85. The molecule has 0 spiro atoms. The lowest BCUT2D eigenvalue weighted by Crippen LogP contribution is -2.54. The third-order valence-electron chi connectivity index (χ3n) is 5.50. The van der Waals surface area contributed by atoms with Crippen molar-refractivity contribution in [2.45, 2.75) is 51.1 Å². The molecule has 0 aromatic heterocycles. The Hall–Kier alpha value is -2.35. The maximum atomic E-state index is 12.9. The van der Waals surface area contributed by atoms with Crippen LogP contribution in [0.5, 0.6) is 5.75 Å². The van der Waals surface area contributed by atoms with Gasteiger partial charge < -0.3 is 15.4 Å². The molecule has 3 N–H and O–H groups in total. The molecule has 1 aromatic rings. The normalized spacial score (nSPS) is 27.9. The van der Waals surface area contributed by atoms with E-state index in [-0.39, 0.29) is 11.2 Å². The third-order valence-corrected chi connectivity index (χ3v) is 5.71. The summed E-state index contributed by atoms with van der Waals surface area (Å²) in [5.41, 5.74) is 2.27. The van der Waals surface area contributed by atoms with E-state index >= 15 is 0 Å². The van der Waals surface area contributed by atoms with Gasteiger partial charge in [0, 0.05) is 6.04 Å². The lowest BCUT2D eigenvalue weighted by Gasteiger charge is -2.31. The fourth-order valence-corrected chi connectivity index (χ4v) is 3.94. The molecule has 3 atom stereocenters. The zero-order valence-electron chi connectivity index (χ0n) is 15.9. The first-order chi connectivity index (χ1) is 12.8. The molecular weight excluding hydrogens is 364 g/mol. The van der Waals surface area contributed by atoms with Gasteiger partial charge in [-0.1, -0.05) is 31.9 Å². The van der Waals surface area contributed by atoms with E-state index in [0.29, 0.717) is 17.2 Å². The Bertz CT molecular complexity index is 739. The second kappa shape index (κ2) is 7.72. The molecule has 2 aliphatic rings. The van der Waals surface area contributed by atoms with Crippen molar-refractivity contribution in [1.82, 2.24) is 21.1 Å². The first-order valence-electron chi connectivity index (χ1n) is 9.23. The molecular formula is C19H26N4O3S. The van der Waals surface area contributed by atoms with Crippen LogP contribution in [-0.2, 0) is 10.3 Å². The molecule has 1 heterocycles. The van der Waals surface area contributed by atoms with Crippen LogP contribution in [0.25, 0.3) is 0 Å². The van der Waals surface area contributed by atoms with Crippen molar-refractivity contribution >= 4 is 29.3 Å². The number of hydrogen-bond donors (Lipinski definition) is 3. The smallest absolute Gasteiger partial charge is 0.344 e. The van der Waals surface area contributed by atoms with Crippen molar-refractivity contribution < 1.29 is 14.3 Å². The van der Waals surface area contributed by atoms with E-state index in [1.165, 1.54) is 6.42 Å². The zero-order chi connectivity index (χ0) is 19.6. The number of methoxy groups -OCH3 is 1. The molecule has 1 aliphatic carbocycles. The number of urea groups is 1. The number of ether oxygens (including phenoxy) is 1. The van der Waals surface area contributed by atoms with Gasteiger partial charge in [-0.15, -0.1) is 0 Å². The molecule has 3 rings (SSSR count). The van der Waals surface area contributed by atoms with Crippen LogP contribution in [-0.4, -0.2) is 35.2 Å². The predicted octanol–water partition coefficient (Wildman–Crippen LogP) is 2.42. The van der Waals surface area contributed by atoms with Gasteiger partial charge >= 0.3 is 6.03 Å². The van der Waals surface area contributed by atoms with Gasteiger partial charge in [0.15, 0.2) is 5.11 Å². The molecule has 2 fully saturated rings. The summed E-state index contributed by atoms with van der Waals surface area (Å²) in [6.07, 6.45) is 4.57. The first-order valence-corrected chi connectivity index (χ1v) is 9.64. The number of rotatable bonds is 4. The van der Waals surface area contributed by atoms with Crippen molar-refractivity contribution in [3.05, 3.63) is 29.8 Å². The Morgan fingerprint density at radius 3 is 2.56 bits per heavy atom. The van der Waals surface area contributed by atoms with Gasteiger partial charge in [0.2, 0.25) is 0 Å². The van der Waals surface area contributed by atoms with Crippen LogP contribution in [0.1, 0.15) is 45.1 Å². The maximum absolute atomic E-state index is 12.9. The zero-order valence-corrected chi connectivity index (χ0v) is 16.7. The van der Waals surface area contributed by atoms with Gasteiger partial charge in [-0.3, -0.25) is 10.2 Å². The Labute approximate surface area is 164 Å². The van der Waals surface area contributed by atoms with Crippen LogP contribution >= 0.6 is 12.2 Å². The monoisotopic (exact) mass is 390 g/mol. The van der Waals surface area contributed by atoms with E-state index < -0.39 is 17.5 Å². The molecule has 1 aliphatic heterocycles. The predicted molar refractivity (Wildman–Crippen MR) is 106 cm³/mol. The van der Waals surface area contributed by atoms with Crippen molar-refractivity contribution in [2.24, 2.45) is 5.92 Å². The van der Waals surface area contributed by atoms with Crippen LogP contribution in [0, 0.1) is 5.92 Å². The van der Waals surface area contributed by atoms with E-state index in [0.717, 1.165) is 24.3 Å². The molecule has 1 saturated carbocycles. The number of nitrogens with zero attached hydrogens (tertiary/aromatic N) is 1. The van der Waals surface area contributed by atoms with Gasteiger partial charge in [-0.05, 0) is 55.6 Å². The summed E-state index contributed by atoms with van der Waals surface area (Å²) in [6, 6.07) is 6.77. The molecule has 8 heteroatoms. The Balaban J connectivity index is 1.68. The number of carbonyl (C=O) groups excluding carboxylic acids is 2. The van der Waals surface area contributed by atoms with E-state index in [4.69, 9.17) is 17.0 Å². The number of amides is 3. The van der Waals surface area contributed by atoms with E-state index in [9.17, 15) is 9.59 Å². The summed E-state index contributed by atoms with van der Waals surface area (Å²) in [5, 5.41) is 7.24. The molecule has 0 radical (unpaired) electrons. The lowest BCUT2D eigenvalue weighted by atomic mass is 9.86. The molecule has 146 valence electrons. The Morgan fingerprint density at radius 1 is 1.26 bits per heavy atom. The molecule has 1 saturated heterocycles. The average molecular weight is 391 g/mol. The number of thiocarbonyl (C=S) groups is 1. The highest BCUT2D eigenvalue weighted by Crippen LogP contribution is 2.29. The molecule has 1 aromatic carbocycles. The van der Waals surface area contributed by atoms with E-state index in [1.54, 1.807) is 38.3 Å². The summed E-state index contributed by atoms with van der Waals surface area (Å²) in [5.74, 6) is 0.783. The van der Waals surface area contributed by atoms with Crippen molar-refractivity contribution in [1.29, 1.82) is 0 Å². The number of nitrogens with one attached hydrogen (secondary N) is 3. The second-order valence-electron chi connectivity index (χ2n) is 7.38. The van der Waals surface area contributed by atoms with E-state index in [2.05, 4.69) is 23.0 Å². The molecule has 0 unspecified atom stereocenters. The Kier molecular flexibility index (Phi) is 5.55. The van der Waals surface area contributed by atoms with Crippen molar-refractivity contribution in [3.8, 4) is 5.75 Å². The molecule has 27 heavy (non-hydrogen) atoms. The van der Waals surface area contributed by atoms with Crippen LogP contribution in [0.2, 0.25) is 0 Å². The number of hydrazine groups is 1. The van der Waals surface area contributed by atoms with Crippen LogP contribution in [0.4, 0.5) is 4.79 Å². The number of hydrogen-bond acceptors (Lipinski definition) is 4. The summed E-state index contributed by atoms with van der Waals surface area (Å²) in [7, 11) is 1.58.